The van der Waals surface area contributed by atoms with Crippen LogP contribution in [0.1, 0.15) is 67.2 Å². The fraction of sp³-hybridized carbons (Fsp3) is 0.333. The highest BCUT2D eigenvalue weighted by Gasteiger charge is 2.27. The molecule has 1 fully saturated rings. The molecule has 0 radical (unpaired) electrons. The number of phenols is 1. The highest BCUT2D eigenvalue weighted by molar-refractivity contribution is 5.96. The number of amides is 2. The van der Waals surface area contributed by atoms with Crippen LogP contribution in [0.4, 0.5) is 9.18 Å². The van der Waals surface area contributed by atoms with Crippen LogP contribution in [0.25, 0.3) is 11.1 Å². The van der Waals surface area contributed by atoms with E-state index >= 15 is 0 Å². The van der Waals surface area contributed by atoms with Crippen LogP contribution in [0.15, 0.2) is 54.7 Å². The lowest BCUT2D eigenvalue weighted by Crippen LogP contribution is -2.45. The van der Waals surface area contributed by atoms with Gasteiger partial charge >= 0.3 is 6.09 Å². The minimum absolute atomic E-state index is 0.0304. The zero-order valence-electron chi connectivity index (χ0n) is 22.6. The highest BCUT2D eigenvalue weighted by atomic mass is 19.1. The van der Waals surface area contributed by atoms with Gasteiger partial charge in [-0.15, -0.1) is 0 Å². The third kappa shape index (κ3) is 7.56. The number of halogens is 1. The summed E-state index contributed by atoms with van der Waals surface area (Å²) in [5.74, 6) is -0.987. The van der Waals surface area contributed by atoms with Crippen LogP contribution in [-0.4, -0.2) is 46.1 Å². The number of phenolic OH excluding ortho intramolecular Hbond substituents is 1. The number of rotatable bonds is 7. The lowest BCUT2D eigenvalue weighted by molar-refractivity contribution is 0.0487. The van der Waals surface area contributed by atoms with E-state index < -0.39 is 23.4 Å². The van der Waals surface area contributed by atoms with Gasteiger partial charge < -0.3 is 25.2 Å². The molecule has 210 valence electrons. The largest absolute Gasteiger partial charge is 0.508 e. The second-order valence-corrected chi connectivity index (χ2v) is 10.7. The molecule has 1 heterocycles. The Hall–Kier alpha value is -4.47. The second kappa shape index (κ2) is 12.1. The van der Waals surface area contributed by atoms with Crippen molar-refractivity contribution >= 4 is 18.3 Å². The first-order valence-corrected chi connectivity index (χ1v) is 13.0. The fourth-order valence-electron chi connectivity index (χ4n) is 4.54. The number of hydrogen-bond acceptors (Lipinski definition) is 7. The van der Waals surface area contributed by atoms with E-state index in [9.17, 15) is 23.9 Å². The van der Waals surface area contributed by atoms with Crippen molar-refractivity contribution in [3.63, 3.8) is 0 Å². The molecule has 0 atom stereocenters. The molecule has 1 saturated carbocycles. The molecule has 2 amide bonds. The Morgan fingerprint density at radius 1 is 1.02 bits per heavy atom. The molecule has 1 aromatic heterocycles. The molecular weight excluding hydrogens is 517 g/mol. The van der Waals surface area contributed by atoms with E-state index in [-0.39, 0.29) is 29.3 Å². The predicted octanol–water partition coefficient (Wildman–Crippen LogP) is 5.76. The summed E-state index contributed by atoms with van der Waals surface area (Å²) < 4.78 is 25.3. The fourth-order valence-corrected chi connectivity index (χ4v) is 4.54. The van der Waals surface area contributed by atoms with Gasteiger partial charge in [-0.05, 0) is 94.0 Å². The van der Waals surface area contributed by atoms with E-state index in [4.69, 9.17) is 9.47 Å². The molecule has 0 bridgehead atoms. The van der Waals surface area contributed by atoms with Gasteiger partial charge in [0.1, 0.15) is 28.5 Å². The summed E-state index contributed by atoms with van der Waals surface area (Å²) in [7, 11) is 0. The first-order valence-electron chi connectivity index (χ1n) is 13.0. The van der Waals surface area contributed by atoms with Crippen LogP contribution in [0, 0.1) is 5.82 Å². The minimum Gasteiger partial charge on any atom is -0.508 e. The van der Waals surface area contributed by atoms with Crippen molar-refractivity contribution in [2.75, 3.05) is 0 Å². The standard InChI is InChI=1S/C30H32FN3O6/c1-30(2,3)40-29(38)34-22-9-7-21(8-10-22)33-27(37)26-15-20(31)16-32-28(26)39-24-6-4-5-18(14-24)25-12-11-23(36)13-19(25)17-35/h4-6,11-17,21-22,36H,7-10H2,1-3H3,(H,33,37)(H,34,38). The predicted molar refractivity (Wildman–Crippen MR) is 146 cm³/mol. The Labute approximate surface area is 231 Å². The molecule has 1 aliphatic rings. The Balaban J connectivity index is 1.43. The number of nitrogens with one attached hydrogen (secondary N) is 2. The van der Waals surface area contributed by atoms with Gasteiger partial charge in [-0.3, -0.25) is 9.59 Å². The van der Waals surface area contributed by atoms with Crippen molar-refractivity contribution in [1.82, 2.24) is 15.6 Å². The van der Waals surface area contributed by atoms with E-state index in [1.807, 2.05) is 0 Å². The smallest absolute Gasteiger partial charge is 0.407 e. The van der Waals surface area contributed by atoms with Gasteiger partial charge in [0.05, 0.1) is 6.20 Å². The Kier molecular flexibility index (Phi) is 8.67. The van der Waals surface area contributed by atoms with Crippen molar-refractivity contribution in [3.8, 4) is 28.5 Å². The van der Waals surface area contributed by atoms with Crippen LogP contribution < -0.4 is 15.4 Å². The Bertz CT molecular complexity index is 1400. The van der Waals surface area contributed by atoms with Gasteiger partial charge in [-0.25, -0.2) is 14.2 Å². The minimum atomic E-state index is -0.684. The third-order valence-corrected chi connectivity index (χ3v) is 6.37. The molecule has 10 heteroatoms. The first-order chi connectivity index (χ1) is 19.0. The highest BCUT2D eigenvalue weighted by Crippen LogP contribution is 2.31. The van der Waals surface area contributed by atoms with Crippen molar-refractivity contribution in [1.29, 1.82) is 0 Å². The van der Waals surface area contributed by atoms with Crippen molar-refractivity contribution < 1.29 is 33.4 Å². The van der Waals surface area contributed by atoms with Gasteiger partial charge in [0.15, 0.2) is 6.29 Å². The summed E-state index contributed by atoms with van der Waals surface area (Å²) >= 11 is 0. The first kappa shape index (κ1) is 28.5. The second-order valence-electron chi connectivity index (χ2n) is 10.7. The van der Waals surface area contributed by atoms with Gasteiger partial charge in [-0.2, -0.15) is 0 Å². The summed E-state index contributed by atoms with van der Waals surface area (Å²) in [6.07, 6.45) is 3.70. The van der Waals surface area contributed by atoms with E-state index in [1.54, 1.807) is 51.1 Å². The van der Waals surface area contributed by atoms with E-state index in [1.165, 1.54) is 12.1 Å². The molecule has 0 unspecified atom stereocenters. The molecule has 0 saturated heterocycles. The number of aromatic nitrogens is 1. The van der Waals surface area contributed by atoms with Crippen molar-refractivity contribution in [2.45, 2.75) is 64.1 Å². The molecular formula is C30H32FN3O6. The maximum absolute atomic E-state index is 14.1. The zero-order valence-corrected chi connectivity index (χ0v) is 22.6. The van der Waals surface area contributed by atoms with Crippen LogP contribution in [0.3, 0.4) is 0 Å². The summed E-state index contributed by atoms with van der Waals surface area (Å²) in [6.45, 7) is 5.40. The number of carbonyl (C=O) groups excluding carboxylic acids is 3. The summed E-state index contributed by atoms with van der Waals surface area (Å²) in [6, 6.07) is 12.1. The van der Waals surface area contributed by atoms with E-state index in [2.05, 4.69) is 15.6 Å². The van der Waals surface area contributed by atoms with Gasteiger partial charge in [0.25, 0.3) is 5.91 Å². The number of ether oxygens (including phenoxy) is 2. The summed E-state index contributed by atoms with van der Waals surface area (Å²) in [5, 5.41) is 15.5. The molecule has 9 nitrogen and oxygen atoms in total. The number of carbonyl (C=O) groups is 3. The number of pyridine rings is 1. The van der Waals surface area contributed by atoms with E-state index in [0.29, 0.717) is 54.4 Å². The molecule has 3 aromatic rings. The quantitative estimate of drug-likeness (QED) is 0.320. The Morgan fingerprint density at radius 3 is 2.40 bits per heavy atom. The number of hydrogen-bond donors (Lipinski definition) is 3. The van der Waals surface area contributed by atoms with Gasteiger partial charge in [0, 0.05) is 17.6 Å². The average molecular weight is 550 g/mol. The van der Waals surface area contributed by atoms with Crippen molar-refractivity contribution in [2.24, 2.45) is 0 Å². The molecule has 0 aliphatic heterocycles. The van der Waals surface area contributed by atoms with Crippen LogP contribution in [0.5, 0.6) is 17.4 Å². The number of alkyl carbamates (subject to hydrolysis) is 1. The third-order valence-electron chi connectivity index (χ3n) is 6.37. The average Bonchev–Trinajstić information content (AvgIpc) is 2.89. The molecule has 0 spiro atoms. The van der Waals surface area contributed by atoms with Crippen LogP contribution >= 0.6 is 0 Å². The monoisotopic (exact) mass is 549 g/mol. The number of benzene rings is 2. The molecule has 1 aliphatic carbocycles. The summed E-state index contributed by atoms with van der Waals surface area (Å²) in [4.78, 5) is 40.7. The topological polar surface area (TPSA) is 127 Å². The number of aldehydes is 1. The van der Waals surface area contributed by atoms with Gasteiger partial charge in [-0.1, -0.05) is 12.1 Å². The SMILES string of the molecule is CC(C)(C)OC(=O)NC1CCC(NC(=O)c2cc(F)cnc2Oc2cccc(-c3ccc(O)cc3C=O)c2)CC1. The maximum atomic E-state index is 14.1. The Morgan fingerprint density at radius 2 is 1.73 bits per heavy atom. The van der Waals surface area contributed by atoms with Crippen LogP contribution in [-0.2, 0) is 4.74 Å². The molecule has 40 heavy (non-hydrogen) atoms. The normalized spacial score (nSPS) is 17.0. The molecule has 4 rings (SSSR count). The molecule has 2 aromatic carbocycles. The van der Waals surface area contributed by atoms with Gasteiger partial charge in [0.2, 0.25) is 5.88 Å². The zero-order chi connectivity index (χ0) is 28.9. The van der Waals surface area contributed by atoms with Crippen molar-refractivity contribution in [3.05, 3.63) is 71.7 Å². The van der Waals surface area contributed by atoms with Crippen LogP contribution in [0.2, 0.25) is 0 Å². The lowest BCUT2D eigenvalue weighted by Gasteiger charge is -2.30. The lowest BCUT2D eigenvalue weighted by atomic mass is 9.91. The molecule has 3 N–H and O–H groups in total. The number of aromatic hydroxyl groups is 1. The summed E-state index contributed by atoms with van der Waals surface area (Å²) in [5.41, 5.74) is 0.884. The number of nitrogens with zero attached hydrogens (tertiary/aromatic N) is 1. The van der Waals surface area contributed by atoms with E-state index in [0.717, 1.165) is 12.3 Å². The maximum Gasteiger partial charge on any atom is 0.407 e.